The number of fused-ring (bicyclic) bond motifs is 1. The van der Waals surface area contributed by atoms with Gasteiger partial charge in [-0.25, -0.2) is 4.79 Å². The van der Waals surface area contributed by atoms with Crippen LogP contribution in [-0.4, -0.2) is 16.2 Å². The highest BCUT2D eigenvalue weighted by atomic mass is 32.1. The Hall–Kier alpha value is -3.97. The van der Waals surface area contributed by atoms with Crippen LogP contribution >= 0.6 is 11.3 Å². The highest BCUT2D eigenvalue weighted by molar-refractivity contribution is 7.13. The van der Waals surface area contributed by atoms with E-state index in [0.29, 0.717) is 30.4 Å². The summed E-state index contributed by atoms with van der Waals surface area (Å²) >= 11 is 1.56. The third kappa shape index (κ3) is 4.38. The van der Waals surface area contributed by atoms with Crippen molar-refractivity contribution in [2.24, 2.45) is 0 Å². The average molecular weight is 441 g/mol. The van der Waals surface area contributed by atoms with Crippen molar-refractivity contribution >= 4 is 33.8 Å². The van der Waals surface area contributed by atoms with Gasteiger partial charge in [-0.05, 0) is 39.4 Å². The topological polar surface area (TPSA) is 80.0 Å². The van der Waals surface area contributed by atoms with E-state index in [4.69, 9.17) is 4.52 Å². The maximum atomic E-state index is 12.6. The summed E-state index contributed by atoms with van der Waals surface area (Å²) < 4.78 is 5.42. The molecule has 0 aliphatic carbocycles. The van der Waals surface area contributed by atoms with Crippen molar-refractivity contribution in [2.45, 2.75) is 13.0 Å². The van der Waals surface area contributed by atoms with Crippen LogP contribution in [0.4, 0.5) is 10.5 Å². The van der Waals surface area contributed by atoms with Crippen molar-refractivity contribution < 1.29 is 9.32 Å². The van der Waals surface area contributed by atoms with Gasteiger partial charge in [-0.3, -0.25) is 0 Å². The Bertz CT molecular complexity index is 1360. The number of carbonyl (C=O) groups excluding carboxylic acids is 1. The van der Waals surface area contributed by atoms with E-state index in [2.05, 4.69) is 39.0 Å². The molecule has 0 radical (unpaired) electrons. The van der Waals surface area contributed by atoms with Gasteiger partial charge in [-0.15, -0.1) is 11.3 Å². The molecule has 2 N–H and O–H groups in total. The summed E-state index contributed by atoms with van der Waals surface area (Å²) in [4.78, 5) is 18.0. The number of aromatic nitrogens is 2. The molecule has 32 heavy (non-hydrogen) atoms. The molecule has 0 saturated carbocycles. The van der Waals surface area contributed by atoms with Gasteiger partial charge in [-0.2, -0.15) is 4.98 Å². The first-order valence-corrected chi connectivity index (χ1v) is 11.1. The molecule has 2 heterocycles. The Morgan fingerprint density at radius 1 is 0.906 bits per heavy atom. The monoisotopic (exact) mass is 440 g/mol. The molecule has 6 nitrogen and oxygen atoms in total. The quantitative estimate of drug-likeness (QED) is 0.346. The van der Waals surface area contributed by atoms with E-state index in [1.165, 1.54) is 0 Å². The van der Waals surface area contributed by atoms with Gasteiger partial charge in [0.05, 0.1) is 11.3 Å². The number of amides is 2. The summed E-state index contributed by atoms with van der Waals surface area (Å²) in [5, 5.41) is 14.2. The summed E-state index contributed by atoms with van der Waals surface area (Å²) in [6.07, 6.45) is 0.429. The van der Waals surface area contributed by atoms with Crippen molar-refractivity contribution in [3.63, 3.8) is 0 Å². The Labute approximate surface area is 188 Å². The number of urea groups is 1. The molecular weight excluding hydrogens is 420 g/mol. The van der Waals surface area contributed by atoms with Crippen LogP contribution in [0.2, 0.25) is 0 Å². The van der Waals surface area contributed by atoms with Gasteiger partial charge < -0.3 is 15.2 Å². The van der Waals surface area contributed by atoms with Crippen molar-refractivity contribution in [1.29, 1.82) is 0 Å². The minimum atomic E-state index is -0.268. The number of rotatable bonds is 6. The van der Waals surface area contributed by atoms with E-state index in [-0.39, 0.29) is 6.03 Å². The summed E-state index contributed by atoms with van der Waals surface area (Å²) in [5.74, 6) is 1.08. The van der Waals surface area contributed by atoms with E-state index < -0.39 is 0 Å². The van der Waals surface area contributed by atoms with E-state index in [9.17, 15) is 4.79 Å². The van der Waals surface area contributed by atoms with E-state index in [1.54, 1.807) is 11.3 Å². The second-order valence-corrected chi connectivity index (χ2v) is 8.22. The van der Waals surface area contributed by atoms with Crippen LogP contribution in [0.15, 0.2) is 88.8 Å². The maximum Gasteiger partial charge on any atom is 0.319 e. The zero-order valence-corrected chi connectivity index (χ0v) is 17.9. The summed E-state index contributed by atoms with van der Waals surface area (Å²) in [7, 11) is 0. The number of hydrogen-bond donors (Lipinski definition) is 2. The van der Waals surface area contributed by atoms with Crippen LogP contribution in [0.25, 0.3) is 21.5 Å². The van der Waals surface area contributed by atoms with E-state index in [0.717, 1.165) is 26.8 Å². The smallest absolute Gasteiger partial charge is 0.319 e. The maximum absolute atomic E-state index is 12.6. The van der Waals surface area contributed by atoms with Gasteiger partial charge in [0.2, 0.25) is 11.7 Å². The molecule has 0 aliphatic heterocycles. The predicted molar refractivity (Wildman–Crippen MR) is 127 cm³/mol. The lowest BCUT2D eigenvalue weighted by Crippen LogP contribution is -2.28. The van der Waals surface area contributed by atoms with Gasteiger partial charge in [0.15, 0.2) is 0 Å². The fourth-order valence-corrected chi connectivity index (χ4v) is 4.23. The minimum Gasteiger partial charge on any atom is -0.339 e. The SMILES string of the molecule is O=C(NCc1cccc2ccccc12)Nc1ccccc1Cc1nc(-c2cccs2)no1. The zero-order chi connectivity index (χ0) is 21.8. The number of nitrogens with one attached hydrogen (secondary N) is 2. The molecule has 158 valence electrons. The minimum absolute atomic E-state index is 0.268. The first-order valence-electron chi connectivity index (χ1n) is 10.2. The second-order valence-electron chi connectivity index (χ2n) is 7.27. The largest absolute Gasteiger partial charge is 0.339 e. The first-order chi connectivity index (χ1) is 15.8. The van der Waals surface area contributed by atoms with Crippen LogP contribution in [0.1, 0.15) is 17.0 Å². The molecule has 3 aromatic carbocycles. The molecule has 0 saturated heterocycles. The predicted octanol–water partition coefficient (Wildman–Crippen LogP) is 5.86. The van der Waals surface area contributed by atoms with E-state index in [1.807, 2.05) is 66.0 Å². The Kier molecular flexibility index (Phi) is 5.63. The number of carbonyl (C=O) groups is 1. The molecule has 0 aliphatic rings. The lowest BCUT2D eigenvalue weighted by molar-refractivity contribution is 0.251. The summed E-state index contributed by atoms with van der Waals surface area (Å²) in [5.41, 5.74) is 2.67. The molecule has 5 rings (SSSR count). The molecule has 0 fully saturated rings. The van der Waals surface area contributed by atoms with Crippen molar-refractivity contribution in [3.8, 4) is 10.7 Å². The molecule has 2 amide bonds. The molecule has 2 aromatic heterocycles. The number of anilines is 1. The molecule has 0 bridgehead atoms. The number of hydrogen-bond acceptors (Lipinski definition) is 5. The Morgan fingerprint density at radius 2 is 1.72 bits per heavy atom. The lowest BCUT2D eigenvalue weighted by atomic mass is 10.0. The van der Waals surface area contributed by atoms with E-state index >= 15 is 0 Å². The first kappa shape index (κ1) is 20.0. The van der Waals surface area contributed by atoms with Crippen molar-refractivity contribution in [2.75, 3.05) is 5.32 Å². The molecule has 5 aromatic rings. The number of benzene rings is 3. The lowest BCUT2D eigenvalue weighted by Gasteiger charge is -2.12. The molecule has 7 heteroatoms. The number of nitrogens with zero attached hydrogens (tertiary/aromatic N) is 2. The van der Waals surface area contributed by atoms with Crippen LogP contribution in [0.3, 0.4) is 0 Å². The van der Waals surface area contributed by atoms with Crippen molar-refractivity contribution in [3.05, 3.63) is 101 Å². The van der Waals surface area contributed by atoms with Gasteiger partial charge in [0.25, 0.3) is 0 Å². The summed E-state index contributed by atoms with van der Waals surface area (Å²) in [6.45, 7) is 0.434. The van der Waals surface area contributed by atoms with Gasteiger partial charge in [0.1, 0.15) is 0 Å². The van der Waals surface area contributed by atoms with Crippen LogP contribution < -0.4 is 10.6 Å². The highest BCUT2D eigenvalue weighted by Crippen LogP contribution is 2.24. The molecular formula is C25H20N4O2S. The number of thiophene rings is 1. The van der Waals surface area contributed by atoms with Gasteiger partial charge >= 0.3 is 6.03 Å². The van der Waals surface area contributed by atoms with Crippen molar-refractivity contribution in [1.82, 2.24) is 15.5 Å². The standard InChI is InChI=1S/C25H20N4O2S/c30-25(26-16-19-10-5-9-17-7-1-3-11-20(17)19)27-21-12-4-2-8-18(21)15-23-28-24(29-31-23)22-13-6-14-32-22/h1-14H,15-16H2,(H2,26,27,30). The Balaban J connectivity index is 1.26. The fraction of sp³-hybridized carbons (Fsp3) is 0.0800. The molecule has 0 unspecified atom stereocenters. The van der Waals surface area contributed by atoms with Gasteiger partial charge in [0, 0.05) is 12.2 Å². The highest BCUT2D eigenvalue weighted by Gasteiger charge is 2.13. The van der Waals surface area contributed by atoms with Crippen LogP contribution in [-0.2, 0) is 13.0 Å². The fourth-order valence-electron chi connectivity index (χ4n) is 3.58. The third-order valence-corrected chi connectivity index (χ3v) is 6.00. The normalized spacial score (nSPS) is 10.9. The average Bonchev–Trinajstić information content (AvgIpc) is 3.51. The second kappa shape index (κ2) is 9.03. The van der Waals surface area contributed by atoms with Crippen LogP contribution in [0.5, 0.6) is 0 Å². The van der Waals surface area contributed by atoms with Gasteiger partial charge in [-0.1, -0.05) is 71.9 Å². The number of para-hydroxylation sites is 1. The summed E-state index contributed by atoms with van der Waals surface area (Å²) in [6, 6.07) is 25.5. The zero-order valence-electron chi connectivity index (χ0n) is 17.1. The molecule has 0 spiro atoms. The third-order valence-electron chi connectivity index (χ3n) is 5.14. The Morgan fingerprint density at radius 3 is 2.62 bits per heavy atom. The molecule has 0 atom stereocenters. The van der Waals surface area contributed by atoms with Crippen LogP contribution in [0, 0.1) is 0 Å².